The zero-order chi connectivity index (χ0) is 13.1. The smallest absolute Gasteiger partial charge is 0.0949 e. The summed E-state index contributed by atoms with van der Waals surface area (Å²) < 4.78 is 8.12. The Kier molecular flexibility index (Phi) is 4.15. The Morgan fingerprint density at radius 1 is 1.47 bits per heavy atom. The van der Waals surface area contributed by atoms with E-state index in [9.17, 15) is 0 Å². The minimum Gasteiger partial charge on any atom is -0.374 e. The fraction of sp³-hybridized carbons (Fsp3) is 0.786. The Morgan fingerprint density at radius 3 is 3.21 bits per heavy atom. The van der Waals surface area contributed by atoms with Crippen molar-refractivity contribution in [2.75, 3.05) is 33.3 Å². The van der Waals surface area contributed by atoms with Crippen molar-refractivity contribution in [2.24, 2.45) is 0 Å². The second-order valence-corrected chi connectivity index (χ2v) is 5.73. The van der Waals surface area contributed by atoms with Gasteiger partial charge in [-0.2, -0.15) is 0 Å². The van der Waals surface area contributed by atoms with Gasteiger partial charge in [-0.3, -0.25) is 0 Å². The lowest BCUT2D eigenvalue weighted by Crippen LogP contribution is -2.42. The summed E-state index contributed by atoms with van der Waals surface area (Å²) in [4.78, 5) is 6.67. The van der Waals surface area contributed by atoms with Crippen molar-refractivity contribution >= 4 is 0 Å². The molecule has 0 saturated carbocycles. The Balaban J connectivity index is 1.65. The molecule has 0 amide bonds. The number of hydrogen-bond acceptors (Lipinski definition) is 4. The Hall–Kier alpha value is -0.910. The zero-order valence-electron chi connectivity index (χ0n) is 11.7. The molecular formula is C14H24N4O. The number of likely N-dealkylation sites (N-methyl/N-ethyl adjacent to an activating group) is 1. The molecule has 19 heavy (non-hydrogen) atoms. The largest absolute Gasteiger partial charge is 0.374 e. The van der Waals surface area contributed by atoms with Gasteiger partial charge in [-0.15, -0.1) is 0 Å². The highest BCUT2D eigenvalue weighted by Gasteiger charge is 2.22. The van der Waals surface area contributed by atoms with E-state index in [1.807, 2.05) is 12.5 Å². The molecule has 0 bridgehead atoms. The van der Waals surface area contributed by atoms with E-state index in [1.165, 1.54) is 25.0 Å². The number of hydrogen-bond donors (Lipinski definition) is 1. The third-order valence-electron chi connectivity index (χ3n) is 4.15. The minimum atomic E-state index is 0.287. The quantitative estimate of drug-likeness (QED) is 0.885. The lowest BCUT2D eigenvalue weighted by molar-refractivity contribution is -0.0279. The van der Waals surface area contributed by atoms with Crippen LogP contribution < -0.4 is 5.32 Å². The van der Waals surface area contributed by atoms with Crippen molar-refractivity contribution in [3.05, 3.63) is 18.2 Å². The average molecular weight is 264 g/mol. The predicted molar refractivity (Wildman–Crippen MR) is 74.1 cm³/mol. The van der Waals surface area contributed by atoms with E-state index >= 15 is 0 Å². The van der Waals surface area contributed by atoms with Gasteiger partial charge in [0, 0.05) is 25.3 Å². The summed E-state index contributed by atoms with van der Waals surface area (Å²) in [5, 5.41) is 3.60. The van der Waals surface area contributed by atoms with Crippen LogP contribution in [0.3, 0.4) is 0 Å². The summed E-state index contributed by atoms with van der Waals surface area (Å²) in [5.74, 6) is 0. The van der Waals surface area contributed by atoms with E-state index in [2.05, 4.69) is 26.8 Å². The van der Waals surface area contributed by atoms with Crippen molar-refractivity contribution in [3.63, 3.8) is 0 Å². The SMILES string of the molecule is CN1CCOC(Cn2cncc2C2CCCCN2)C1. The lowest BCUT2D eigenvalue weighted by Gasteiger charge is -2.31. The van der Waals surface area contributed by atoms with E-state index in [0.29, 0.717) is 6.04 Å². The standard InChI is InChI=1S/C14H24N4O/c1-17-6-7-19-12(9-17)10-18-11-15-8-14(18)13-4-2-3-5-16-13/h8,11-13,16H,2-7,9-10H2,1H3. The maximum Gasteiger partial charge on any atom is 0.0949 e. The van der Waals surface area contributed by atoms with Crippen LogP contribution in [0.25, 0.3) is 0 Å². The third-order valence-corrected chi connectivity index (χ3v) is 4.15. The predicted octanol–water partition coefficient (Wildman–Crippen LogP) is 1.03. The van der Waals surface area contributed by atoms with Gasteiger partial charge in [-0.05, 0) is 26.4 Å². The molecule has 0 radical (unpaired) electrons. The van der Waals surface area contributed by atoms with E-state index in [0.717, 1.165) is 32.8 Å². The van der Waals surface area contributed by atoms with Crippen LogP contribution in [-0.4, -0.2) is 53.8 Å². The Morgan fingerprint density at radius 2 is 2.42 bits per heavy atom. The molecule has 0 aromatic carbocycles. The highest BCUT2D eigenvalue weighted by Crippen LogP contribution is 2.23. The number of ether oxygens (including phenoxy) is 1. The molecule has 0 spiro atoms. The van der Waals surface area contributed by atoms with Gasteiger partial charge in [0.15, 0.2) is 0 Å². The Labute approximate surface area is 114 Å². The first-order chi connectivity index (χ1) is 9.33. The molecule has 2 atom stereocenters. The van der Waals surface area contributed by atoms with Crippen LogP contribution in [-0.2, 0) is 11.3 Å². The van der Waals surface area contributed by atoms with Crippen LogP contribution in [0.4, 0.5) is 0 Å². The third kappa shape index (κ3) is 3.16. The van der Waals surface area contributed by atoms with Crippen LogP contribution in [0, 0.1) is 0 Å². The number of nitrogens with zero attached hydrogens (tertiary/aromatic N) is 3. The van der Waals surface area contributed by atoms with Crippen molar-refractivity contribution in [1.29, 1.82) is 0 Å². The first-order valence-electron chi connectivity index (χ1n) is 7.36. The highest BCUT2D eigenvalue weighted by atomic mass is 16.5. The van der Waals surface area contributed by atoms with E-state index < -0.39 is 0 Å². The van der Waals surface area contributed by atoms with Crippen LogP contribution in [0.2, 0.25) is 0 Å². The maximum atomic E-state index is 5.85. The van der Waals surface area contributed by atoms with Crippen LogP contribution >= 0.6 is 0 Å². The van der Waals surface area contributed by atoms with Crippen LogP contribution in [0.1, 0.15) is 31.0 Å². The topological polar surface area (TPSA) is 42.3 Å². The molecule has 5 heteroatoms. The van der Waals surface area contributed by atoms with Crippen LogP contribution in [0.15, 0.2) is 12.5 Å². The maximum absolute atomic E-state index is 5.85. The molecule has 2 fully saturated rings. The van der Waals surface area contributed by atoms with Crippen molar-refractivity contribution in [3.8, 4) is 0 Å². The summed E-state index contributed by atoms with van der Waals surface area (Å²) in [6.45, 7) is 4.93. The number of nitrogens with one attached hydrogen (secondary N) is 1. The summed E-state index contributed by atoms with van der Waals surface area (Å²) in [6, 6.07) is 0.470. The van der Waals surface area contributed by atoms with E-state index in [-0.39, 0.29) is 6.10 Å². The van der Waals surface area contributed by atoms with Crippen molar-refractivity contribution in [2.45, 2.75) is 38.0 Å². The van der Waals surface area contributed by atoms with Gasteiger partial charge < -0.3 is 19.5 Å². The second-order valence-electron chi connectivity index (χ2n) is 5.73. The fourth-order valence-electron chi connectivity index (χ4n) is 3.07. The van der Waals surface area contributed by atoms with Gasteiger partial charge in [0.2, 0.25) is 0 Å². The van der Waals surface area contributed by atoms with Gasteiger partial charge in [-0.1, -0.05) is 6.42 Å². The number of rotatable bonds is 3. The molecule has 1 aromatic rings. The van der Waals surface area contributed by atoms with E-state index in [4.69, 9.17) is 4.74 Å². The molecule has 2 saturated heterocycles. The molecule has 1 N–H and O–H groups in total. The first-order valence-corrected chi connectivity index (χ1v) is 7.36. The molecule has 0 aliphatic carbocycles. The van der Waals surface area contributed by atoms with Crippen molar-refractivity contribution in [1.82, 2.24) is 19.8 Å². The fourth-order valence-corrected chi connectivity index (χ4v) is 3.07. The van der Waals surface area contributed by atoms with Crippen LogP contribution in [0.5, 0.6) is 0 Å². The molecule has 2 unspecified atom stereocenters. The number of imidazole rings is 1. The van der Waals surface area contributed by atoms with Gasteiger partial charge in [0.25, 0.3) is 0 Å². The summed E-state index contributed by atoms with van der Waals surface area (Å²) in [7, 11) is 2.16. The van der Waals surface area contributed by atoms with Gasteiger partial charge in [0.05, 0.1) is 31.3 Å². The molecule has 1 aromatic heterocycles. The molecule has 106 valence electrons. The molecule has 2 aliphatic heterocycles. The highest BCUT2D eigenvalue weighted by molar-refractivity contribution is 5.06. The second kappa shape index (κ2) is 6.03. The number of piperidine rings is 1. The summed E-state index contributed by atoms with van der Waals surface area (Å²) in [6.07, 6.45) is 8.07. The Bertz CT molecular complexity index is 400. The number of aromatic nitrogens is 2. The molecule has 3 rings (SSSR count). The molecule has 3 heterocycles. The van der Waals surface area contributed by atoms with Gasteiger partial charge >= 0.3 is 0 Å². The van der Waals surface area contributed by atoms with Gasteiger partial charge in [0.1, 0.15) is 0 Å². The normalized spacial score (nSPS) is 29.5. The monoisotopic (exact) mass is 264 g/mol. The lowest BCUT2D eigenvalue weighted by atomic mass is 10.0. The summed E-state index contributed by atoms with van der Waals surface area (Å²) >= 11 is 0. The minimum absolute atomic E-state index is 0.287. The average Bonchev–Trinajstić information content (AvgIpc) is 2.88. The van der Waals surface area contributed by atoms with Gasteiger partial charge in [-0.25, -0.2) is 4.98 Å². The zero-order valence-corrected chi connectivity index (χ0v) is 11.7. The molecular weight excluding hydrogens is 240 g/mol. The molecule has 5 nitrogen and oxygen atoms in total. The van der Waals surface area contributed by atoms with Crippen molar-refractivity contribution < 1.29 is 4.74 Å². The summed E-state index contributed by atoms with van der Waals surface area (Å²) in [5.41, 5.74) is 1.32. The molecule has 2 aliphatic rings. The van der Waals surface area contributed by atoms with E-state index in [1.54, 1.807) is 0 Å². The first kappa shape index (κ1) is 13.1. The number of morpholine rings is 1.